The summed E-state index contributed by atoms with van der Waals surface area (Å²) in [5, 5.41) is 0. The monoisotopic (exact) mass is 264 g/mol. The molecule has 3 rings (SSSR count). The van der Waals surface area contributed by atoms with Crippen LogP contribution in [0.3, 0.4) is 0 Å². The SMILES string of the molecule is COc1ccc2nc(-c3ccc(Cl)s3)[nH]c2c1. The van der Waals surface area contributed by atoms with E-state index in [4.69, 9.17) is 16.3 Å². The van der Waals surface area contributed by atoms with Crippen molar-refractivity contribution in [1.82, 2.24) is 9.97 Å². The highest BCUT2D eigenvalue weighted by Gasteiger charge is 2.08. The predicted octanol–water partition coefficient (Wildman–Crippen LogP) is 3.95. The van der Waals surface area contributed by atoms with E-state index in [2.05, 4.69) is 9.97 Å². The van der Waals surface area contributed by atoms with Crippen molar-refractivity contribution in [1.29, 1.82) is 0 Å². The largest absolute Gasteiger partial charge is 0.497 e. The minimum atomic E-state index is 0.762. The zero-order valence-corrected chi connectivity index (χ0v) is 10.6. The highest BCUT2D eigenvalue weighted by atomic mass is 35.5. The van der Waals surface area contributed by atoms with E-state index < -0.39 is 0 Å². The molecular formula is C12H9ClN2OS. The van der Waals surface area contributed by atoms with Crippen molar-refractivity contribution in [2.75, 3.05) is 7.11 Å². The van der Waals surface area contributed by atoms with Crippen molar-refractivity contribution in [3.05, 3.63) is 34.7 Å². The van der Waals surface area contributed by atoms with Crippen molar-refractivity contribution < 1.29 is 4.74 Å². The van der Waals surface area contributed by atoms with Gasteiger partial charge in [0.15, 0.2) is 0 Å². The molecule has 2 aromatic heterocycles. The van der Waals surface area contributed by atoms with Crippen LogP contribution >= 0.6 is 22.9 Å². The lowest BCUT2D eigenvalue weighted by Crippen LogP contribution is -1.81. The van der Waals surface area contributed by atoms with Gasteiger partial charge in [-0.3, -0.25) is 0 Å². The fourth-order valence-corrected chi connectivity index (χ4v) is 2.66. The number of nitrogens with zero attached hydrogens (tertiary/aromatic N) is 1. The third-order valence-electron chi connectivity index (χ3n) is 2.50. The number of benzene rings is 1. The van der Waals surface area contributed by atoms with Gasteiger partial charge in [-0.2, -0.15) is 0 Å². The van der Waals surface area contributed by atoms with Gasteiger partial charge in [-0.25, -0.2) is 4.98 Å². The topological polar surface area (TPSA) is 37.9 Å². The third kappa shape index (κ3) is 1.90. The summed E-state index contributed by atoms with van der Waals surface area (Å²) in [7, 11) is 1.65. The normalized spacial score (nSPS) is 10.9. The number of nitrogens with one attached hydrogen (secondary N) is 1. The van der Waals surface area contributed by atoms with Gasteiger partial charge >= 0.3 is 0 Å². The van der Waals surface area contributed by atoms with E-state index in [1.807, 2.05) is 30.3 Å². The van der Waals surface area contributed by atoms with Crippen LogP contribution < -0.4 is 4.74 Å². The van der Waals surface area contributed by atoms with Crippen LogP contribution in [0.25, 0.3) is 21.7 Å². The van der Waals surface area contributed by atoms with Crippen LogP contribution in [-0.2, 0) is 0 Å². The van der Waals surface area contributed by atoms with Crippen molar-refractivity contribution in [3.63, 3.8) is 0 Å². The number of H-pyrrole nitrogens is 1. The molecule has 0 bridgehead atoms. The minimum absolute atomic E-state index is 0.762. The maximum atomic E-state index is 5.91. The van der Waals surface area contributed by atoms with E-state index in [-0.39, 0.29) is 0 Å². The highest BCUT2D eigenvalue weighted by molar-refractivity contribution is 7.19. The molecule has 1 aromatic carbocycles. The highest BCUT2D eigenvalue weighted by Crippen LogP contribution is 2.31. The van der Waals surface area contributed by atoms with Crippen LogP contribution in [0.5, 0.6) is 5.75 Å². The van der Waals surface area contributed by atoms with E-state index in [1.165, 1.54) is 11.3 Å². The molecule has 0 fully saturated rings. The van der Waals surface area contributed by atoms with Crippen LogP contribution in [-0.4, -0.2) is 17.1 Å². The van der Waals surface area contributed by atoms with Gasteiger partial charge in [0.05, 0.1) is 27.4 Å². The number of aromatic amines is 1. The van der Waals surface area contributed by atoms with Gasteiger partial charge in [-0.05, 0) is 24.3 Å². The fourth-order valence-electron chi connectivity index (χ4n) is 1.67. The summed E-state index contributed by atoms with van der Waals surface area (Å²) in [5.41, 5.74) is 1.88. The molecule has 0 saturated carbocycles. The number of methoxy groups -OCH3 is 1. The zero-order valence-electron chi connectivity index (χ0n) is 9.03. The average Bonchev–Trinajstić information content (AvgIpc) is 2.93. The van der Waals surface area contributed by atoms with Crippen LogP contribution in [0, 0.1) is 0 Å². The average molecular weight is 265 g/mol. The van der Waals surface area contributed by atoms with Gasteiger partial charge in [0.2, 0.25) is 0 Å². The first-order valence-electron chi connectivity index (χ1n) is 5.06. The van der Waals surface area contributed by atoms with Crippen LogP contribution in [0.15, 0.2) is 30.3 Å². The second-order valence-corrected chi connectivity index (χ2v) is 5.29. The zero-order chi connectivity index (χ0) is 11.8. The summed E-state index contributed by atoms with van der Waals surface area (Å²) in [6, 6.07) is 9.59. The van der Waals surface area contributed by atoms with Crippen molar-refractivity contribution in [2.45, 2.75) is 0 Å². The molecule has 2 heterocycles. The molecule has 0 atom stereocenters. The number of ether oxygens (including phenoxy) is 1. The fraction of sp³-hybridized carbons (Fsp3) is 0.0833. The summed E-state index contributed by atoms with van der Waals surface area (Å²) in [6.45, 7) is 0. The first-order valence-corrected chi connectivity index (χ1v) is 6.25. The minimum Gasteiger partial charge on any atom is -0.497 e. The summed E-state index contributed by atoms with van der Waals surface area (Å²) in [5.74, 6) is 1.65. The van der Waals surface area contributed by atoms with E-state index in [0.717, 1.165) is 31.8 Å². The third-order valence-corrected chi connectivity index (χ3v) is 3.73. The number of hydrogen-bond acceptors (Lipinski definition) is 3. The van der Waals surface area contributed by atoms with Gasteiger partial charge < -0.3 is 9.72 Å². The van der Waals surface area contributed by atoms with E-state index in [0.29, 0.717) is 0 Å². The molecule has 3 aromatic rings. The second kappa shape index (κ2) is 4.05. The molecule has 0 amide bonds. The van der Waals surface area contributed by atoms with Crippen LogP contribution in [0.4, 0.5) is 0 Å². The van der Waals surface area contributed by atoms with Crippen molar-refractivity contribution >= 4 is 34.0 Å². The number of imidazole rings is 1. The molecule has 1 N–H and O–H groups in total. The lowest BCUT2D eigenvalue weighted by molar-refractivity contribution is 0.415. The standard InChI is InChI=1S/C12H9ClN2OS/c1-16-7-2-3-8-9(6-7)15-12(14-8)10-4-5-11(13)17-10/h2-6H,1H3,(H,14,15). The number of aromatic nitrogens is 2. The quantitative estimate of drug-likeness (QED) is 0.761. The maximum absolute atomic E-state index is 5.91. The molecule has 5 heteroatoms. The van der Waals surface area contributed by atoms with Gasteiger partial charge in [-0.1, -0.05) is 11.6 Å². The number of hydrogen-bond donors (Lipinski definition) is 1. The molecule has 0 aliphatic heterocycles. The molecule has 0 saturated heterocycles. The van der Waals surface area contributed by atoms with Gasteiger partial charge in [0.25, 0.3) is 0 Å². The smallest absolute Gasteiger partial charge is 0.148 e. The molecular weight excluding hydrogens is 256 g/mol. The van der Waals surface area contributed by atoms with Crippen LogP contribution in [0.1, 0.15) is 0 Å². The number of halogens is 1. The maximum Gasteiger partial charge on any atom is 0.148 e. The summed E-state index contributed by atoms with van der Waals surface area (Å²) < 4.78 is 5.94. The van der Waals surface area contributed by atoms with Gasteiger partial charge in [0.1, 0.15) is 11.6 Å². The number of fused-ring (bicyclic) bond motifs is 1. The van der Waals surface area contributed by atoms with Gasteiger partial charge in [-0.15, -0.1) is 11.3 Å². The molecule has 0 aliphatic carbocycles. The van der Waals surface area contributed by atoms with Crippen LogP contribution in [0.2, 0.25) is 4.34 Å². The summed E-state index contributed by atoms with van der Waals surface area (Å²) in [6.07, 6.45) is 0. The molecule has 0 spiro atoms. The molecule has 0 unspecified atom stereocenters. The number of rotatable bonds is 2. The second-order valence-electron chi connectivity index (χ2n) is 3.57. The first-order chi connectivity index (χ1) is 8.26. The Hall–Kier alpha value is -1.52. The Bertz CT molecular complexity index is 674. The Balaban J connectivity index is 2.13. The Labute approximate surface area is 107 Å². The van der Waals surface area contributed by atoms with Crippen molar-refractivity contribution in [2.24, 2.45) is 0 Å². The summed E-state index contributed by atoms with van der Waals surface area (Å²) in [4.78, 5) is 8.81. The number of thiophene rings is 1. The predicted molar refractivity (Wildman–Crippen MR) is 71.0 cm³/mol. The first kappa shape index (κ1) is 10.6. The molecule has 86 valence electrons. The Kier molecular flexibility index (Phi) is 2.53. The molecule has 0 aliphatic rings. The molecule has 3 nitrogen and oxygen atoms in total. The molecule has 0 radical (unpaired) electrons. The Morgan fingerprint density at radius 2 is 2.18 bits per heavy atom. The van der Waals surface area contributed by atoms with Crippen molar-refractivity contribution in [3.8, 4) is 16.5 Å². The van der Waals surface area contributed by atoms with E-state index >= 15 is 0 Å². The Morgan fingerprint density at radius 3 is 2.88 bits per heavy atom. The van der Waals surface area contributed by atoms with E-state index in [9.17, 15) is 0 Å². The van der Waals surface area contributed by atoms with E-state index in [1.54, 1.807) is 7.11 Å². The molecule has 17 heavy (non-hydrogen) atoms. The lowest BCUT2D eigenvalue weighted by atomic mass is 10.3. The Morgan fingerprint density at radius 1 is 1.29 bits per heavy atom. The lowest BCUT2D eigenvalue weighted by Gasteiger charge is -1.96. The van der Waals surface area contributed by atoms with Gasteiger partial charge in [0, 0.05) is 6.07 Å². The summed E-state index contributed by atoms with van der Waals surface area (Å²) >= 11 is 7.42.